The van der Waals surface area contributed by atoms with Gasteiger partial charge in [0.05, 0.1) is 12.8 Å². The van der Waals surface area contributed by atoms with Crippen LogP contribution in [0.1, 0.15) is 0 Å². The largest absolute Gasteiger partial charge is 0.497 e. The molecule has 2 aliphatic rings. The number of nitrogens with one attached hydrogen (secondary N) is 1. The number of methoxy groups -OCH3 is 1. The third kappa shape index (κ3) is 3.52. The van der Waals surface area contributed by atoms with Crippen molar-refractivity contribution >= 4 is 40.7 Å². The maximum atomic E-state index is 12.9. The molecule has 0 radical (unpaired) electrons. The minimum atomic E-state index is -0.965. The first kappa shape index (κ1) is 18.9. The Morgan fingerprint density at radius 2 is 1.79 bits per heavy atom. The van der Waals surface area contributed by atoms with Crippen molar-refractivity contribution in [1.82, 2.24) is 5.01 Å². The molecule has 0 aliphatic carbocycles. The highest BCUT2D eigenvalue weighted by Crippen LogP contribution is 2.32. The van der Waals surface area contributed by atoms with Gasteiger partial charge in [0.25, 0.3) is 11.8 Å². The monoisotopic (exact) mass is 413 g/mol. The van der Waals surface area contributed by atoms with Gasteiger partial charge in [0.2, 0.25) is 5.91 Å². The summed E-state index contributed by atoms with van der Waals surface area (Å²) in [6, 6.07) is 11.2. The number of benzene rings is 2. The maximum Gasteiger partial charge on any atom is 0.263 e. The van der Waals surface area contributed by atoms with E-state index in [-0.39, 0.29) is 6.54 Å². The molecule has 2 aromatic rings. The van der Waals surface area contributed by atoms with Gasteiger partial charge >= 0.3 is 0 Å². The van der Waals surface area contributed by atoms with Crippen LogP contribution < -0.4 is 15.0 Å². The van der Waals surface area contributed by atoms with Crippen molar-refractivity contribution in [2.45, 2.75) is 12.1 Å². The van der Waals surface area contributed by atoms with E-state index in [0.29, 0.717) is 22.1 Å². The lowest BCUT2D eigenvalue weighted by Gasteiger charge is -2.20. The van der Waals surface area contributed by atoms with Gasteiger partial charge in [-0.1, -0.05) is 16.8 Å². The topological polar surface area (TPSA) is 104 Å². The van der Waals surface area contributed by atoms with Gasteiger partial charge in [0.15, 0.2) is 12.1 Å². The molecule has 2 heterocycles. The van der Waals surface area contributed by atoms with E-state index in [2.05, 4.69) is 15.7 Å². The molecule has 1 fully saturated rings. The van der Waals surface area contributed by atoms with Crippen LogP contribution in [-0.4, -0.2) is 48.5 Å². The number of anilines is 2. The smallest absolute Gasteiger partial charge is 0.263 e. The third-order valence-electron chi connectivity index (χ3n) is 4.62. The summed E-state index contributed by atoms with van der Waals surface area (Å²) < 4.78 is 5.09. The Morgan fingerprint density at radius 3 is 2.45 bits per heavy atom. The second-order valence-corrected chi connectivity index (χ2v) is 6.89. The van der Waals surface area contributed by atoms with Gasteiger partial charge in [-0.15, -0.1) is 0 Å². The standard InChI is InChI=1S/C19H16ClN5O4/c1-29-14-8-6-13(7-9-14)25-18(27)16-17(19(25)28)24(23-22-16)10-15(26)21-12-4-2-11(20)3-5-12/h2-9,16-17H,10H2,1H3,(H,21,26)/t16-,17-/m1/s1. The average molecular weight is 414 g/mol. The molecule has 29 heavy (non-hydrogen) atoms. The van der Waals surface area contributed by atoms with E-state index in [1.807, 2.05) is 0 Å². The van der Waals surface area contributed by atoms with Crippen LogP contribution in [0.15, 0.2) is 58.9 Å². The zero-order valence-corrected chi connectivity index (χ0v) is 16.0. The van der Waals surface area contributed by atoms with Crippen molar-refractivity contribution in [1.29, 1.82) is 0 Å². The fourth-order valence-corrected chi connectivity index (χ4v) is 3.35. The van der Waals surface area contributed by atoms with Crippen molar-refractivity contribution in [3.8, 4) is 5.75 Å². The molecule has 2 aromatic carbocycles. The predicted molar refractivity (Wildman–Crippen MR) is 105 cm³/mol. The molecule has 9 nitrogen and oxygen atoms in total. The van der Waals surface area contributed by atoms with Gasteiger partial charge in [-0.25, -0.2) is 4.90 Å². The zero-order valence-electron chi connectivity index (χ0n) is 15.3. The molecule has 10 heteroatoms. The first-order valence-corrected chi connectivity index (χ1v) is 9.10. The predicted octanol–water partition coefficient (Wildman–Crippen LogP) is 2.28. The van der Waals surface area contributed by atoms with E-state index >= 15 is 0 Å². The van der Waals surface area contributed by atoms with Gasteiger partial charge in [-0.3, -0.25) is 19.4 Å². The van der Waals surface area contributed by atoms with Crippen molar-refractivity contribution in [3.05, 3.63) is 53.6 Å². The van der Waals surface area contributed by atoms with Crippen LogP contribution in [0.2, 0.25) is 5.02 Å². The lowest BCUT2D eigenvalue weighted by atomic mass is 10.1. The van der Waals surface area contributed by atoms with E-state index in [0.717, 1.165) is 4.90 Å². The van der Waals surface area contributed by atoms with Gasteiger partial charge < -0.3 is 10.1 Å². The van der Waals surface area contributed by atoms with E-state index in [9.17, 15) is 14.4 Å². The number of amides is 3. The third-order valence-corrected chi connectivity index (χ3v) is 4.87. The maximum absolute atomic E-state index is 12.9. The molecule has 3 amide bonds. The molecule has 0 bridgehead atoms. The van der Waals surface area contributed by atoms with Crippen LogP contribution >= 0.6 is 11.6 Å². The summed E-state index contributed by atoms with van der Waals surface area (Å²) in [5, 5.41) is 12.2. The molecule has 0 aromatic heterocycles. The fourth-order valence-electron chi connectivity index (χ4n) is 3.22. The van der Waals surface area contributed by atoms with Crippen LogP contribution in [0.3, 0.4) is 0 Å². The highest BCUT2D eigenvalue weighted by molar-refractivity contribution is 6.30. The molecular formula is C19H16ClN5O4. The number of ether oxygens (including phenoxy) is 1. The Balaban J connectivity index is 1.47. The van der Waals surface area contributed by atoms with Crippen LogP contribution in [0.25, 0.3) is 0 Å². The summed E-state index contributed by atoms with van der Waals surface area (Å²) in [7, 11) is 1.53. The summed E-state index contributed by atoms with van der Waals surface area (Å²) in [5.74, 6) is -0.743. The number of hydrogen-bond donors (Lipinski definition) is 1. The Bertz CT molecular complexity index is 993. The van der Waals surface area contributed by atoms with Crippen LogP contribution in [0, 0.1) is 0 Å². The Morgan fingerprint density at radius 1 is 1.10 bits per heavy atom. The number of hydrogen-bond acceptors (Lipinski definition) is 7. The minimum absolute atomic E-state index is 0.219. The summed E-state index contributed by atoms with van der Waals surface area (Å²) in [6.45, 7) is -0.219. The summed E-state index contributed by atoms with van der Waals surface area (Å²) in [5.41, 5.74) is 0.969. The molecule has 0 unspecified atom stereocenters. The summed E-state index contributed by atoms with van der Waals surface area (Å²) >= 11 is 5.83. The first-order valence-electron chi connectivity index (χ1n) is 8.72. The normalized spacial score (nSPS) is 20.2. The highest BCUT2D eigenvalue weighted by atomic mass is 35.5. The fraction of sp³-hybridized carbons (Fsp3) is 0.211. The van der Waals surface area contributed by atoms with Gasteiger partial charge in [-0.05, 0) is 48.5 Å². The number of nitrogens with zero attached hydrogens (tertiary/aromatic N) is 4. The Hall–Kier alpha value is -3.46. The Labute approximate surface area is 170 Å². The summed E-state index contributed by atoms with van der Waals surface area (Å²) in [4.78, 5) is 39.0. The van der Waals surface area contributed by atoms with Crippen molar-refractivity contribution < 1.29 is 19.1 Å². The second kappa shape index (κ2) is 7.51. The molecule has 2 atom stereocenters. The number of fused-ring (bicyclic) bond motifs is 1. The van der Waals surface area contributed by atoms with Crippen molar-refractivity contribution in [2.75, 3.05) is 23.9 Å². The second-order valence-electron chi connectivity index (χ2n) is 6.46. The van der Waals surface area contributed by atoms with Crippen molar-refractivity contribution in [3.63, 3.8) is 0 Å². The summed E-state index contributed by atoms with van der Waals surface area (Å²) in [6.07, 6.45) is 0. The molecular weight excluding hydrogens is 398 g/mol. The number of rotatable bonds is 5. The quantitative estimate of drug-likeness (QED) is 0.757. The lowest BCUT2D eigenvalue weighted by Crippen LogP contribution is -2.43. The first-order chi connectivity index (χ1) is 14.0. The van der Waals surface area contributed by atoms with E-state index in [1.54, 1.807) is 48.5 Å². The van der Waals surface area contributed by atoms with Gasteiger partial charge in [-0.2, -0.15) is 5.11 Å². The number of imide groups is 1. The Kier molecular flexibility index (Phi) is 4.89. The molecule has 2 aliphatic heterocycles. The molecule has 148 valence electrons. The molecule has 4 rings (SSSR count). The van der Waals surface area contributed by atoms with E-state index in [4.69, 9.17) is 16.3 Å². The highest BCUT2D eigenvalue weighted by Gasteiger charge is 2.55. The van der Waals surface area contributed by atoms with Crippen LogP contribution in [0.4, 0.5) is 11.4 Å². The number of carbonyl (C=O) groups excluding carboxylic acids is 3. The molecule has 1 saturated heterocycles. The minimum Gasteiger partial charge on any atom is -0.497 e. The SMILES string of the molecule is COc1ccc(N2C(=O)[C@@H]3N=NN(CC(=O)Nc4ccc(Cl)cc4)[C@H]3C2=O)cc1. The zero-order chi connectivity index (χ0) is 20.5. The van der Waals surface area contributed by atoms with Crippen molar-refractivity contribution in [2.24, 2.45) is 10.3 Å². The average Bonchev–Trinajstić information content (AvgIpc) is 3.23. The van der Waals surface area contributed by atoms with Gasteiger partial charge in [0, 0.05) is 10.7 Å². The molecule has 0 saturated carbocycles. The van der Waals surface area contributed by atoms with Crippen LogP contribution in [0.5, 0.6) is 5.75 Å². The molecule has 1 N–H and O–H groups in total. The van der Waals surface area contributed by atoms with Crippen LogP contribution in [-0.2, 0) is 14.4 Å². The molecule has 0 spiro atoms. The van der Waals surface area contributed by atoms with E-state index < -0.39 is 29.8 Å². The lowest BCUT2D eigenvalue weighted by molar-refractivity contribution is -0.123. The van der Waals surface area contributed by atoms with Gasteiger partial charge in [0.1, 0.15) is 12.3 Å². The van der Waals surface area contributed by atoms with E-state index in [1.165, 1.54) is 12.1 Å². The number of carbonyl (C=O) groups is 3. The number of halogens is 1.